The van der Waals surface area contributed by atoms with Gasteiger partial charge in [-0.2, -0.15) is 0 Å². The van der Waals surface area contributed by atoms with Crippen LogP contribution in [0, 0.1) is 0 Å². The fourth-order valence-electron chi connectivity index (χ4n) is 4.09. The van der Waals surface area contributed by atoms with Gasteiger partial charge in [-0.25, -0.2) is 0 Å². The molecule has 0 amide bonds. The van der Waals surface area contributed by atoms with Crippen LogP contribution in [0.2, 0.25) is 0 Å². The second kappa shape index (κ2) is 8.65. The minimum absolute atomic E-state index is 0.0175. The molecule has 7 heteroatoms. The molecule has 1 saturated heterocycles. The summed E-state index contributed by atoms with van der Waals surface area (Å²) in [6.45, 7) is 1.37. The molecule has 154 valence electrons. The lowest BCUT2D eigenvalue weighted by molar-refractivity contribution is 0.295. The lowest BCUT2D eigenvalue weighted by Gasteiger charge is -2.28. The molecular formula is C24H22N6S. The summed E-state index contributed by atoms with van der Waals surface area (Å²) in [6, 6.07) is 20.2. The molecule has 0 bridgehead atoms. The van der Waals surface area contributed by atoms with E-state index in [2.05, 4.69) is 54.1 Å². The molecule has 5 heterocycles. The first-order chi connectivity index (χ1) is 15.3. The summed E-state index contributed by atoms with van der Waals surface area (Å²) in [4.78, 5) is 15.6. The maximum Gasteiger partial charge on any atom is 0.170 e. The molecule has 6 nitrogen and oxygen atoms in total. The van der Waals surface area contributed by atoms with E-state index in [1.165, 1.54) is 5.69 Å². The zero-order chi connectivity index (χ0) is 21.0. The van der Waals surface area contributed by atoms with E-state index in [9.17, 15) is 0 Å². The molecule has 2 atom stereocenters. The van der Waals surface area contributed by atoms with E-state index in [0.29, 0.717) is 11.7 Å². The van der Waals surface area contributed by atoms with Crippen LogP contribution in [0.5, 0.6) is 0 Å². The second-order valence-corrected chi connectivity index (χ2v) is 7.88. The average molecular weight is 427 g/mol. The molecule has 5 rings (SSSR count). The van der Waals surface area contributed by atoms with Gasteiger partial charge >= 0.3 is 0 Å². The highest BCUT2D eigenvalue weighted by Crippen LogP contribution is 2.39. The van der Waals surface area contributed by atoms with E-state index in [0.717, 1.165) is 23.5 Å². The Morgan fingerprint density at radius 1 is 0.871 bits per heavy atom. The number of aromatic nitrogens is 4. The predicted octanol–water partition coefficient (Wildman–Crippen LogP) is 3.89. The van der Waals surface area contributed by atoms with Gasteiger partial charge < -0.3 is 14.8 Å². The molecule has 0 spiro atoms. The van der Waals surface area contributed by atoms with Gasteiger partial charge in [0, 0.05) is 43.2 Å². The van der Waals surface area contributed by atoms with Crippen LogP contribution in [0.25, 0.3) is 0 Å². The van der Waals surface area contributed by atoms with Gasteiger partial charge in [0.2, 0.25) is 0 Å². The largest absolute Gasteiger partial charge is 0.352 e. The van der Waals surface area contributed by atoms with Crippen LogP contribution in [-0.2, 0) is 13.1 Å². The molecular weight excluding hydrogens is 404 g/mol. The van der Waals surface area contributed by atoms with E-state index < -0.39 is 0 Å². The molecule has 4 aromatic heterocycles. The molecule has 0 aromatic carbocycles. The van der Waals surface area contributed by atoms with Crippen LogP contribution in [0.1, 0.15) is 34.7 Å². The zero-order valence-electron chi connectivity index (χ0n) is 16.9. The van der Waals surface area contributed by atoms with Gasteiger partial charge in [-0.3, -0.25) is 15.0 Å². The van der Waals surface area contributed by atoms with Gasteiger partial charge in [-0.15, -0.1) is 0 Å². The average Bonchev–Trinajstić information content (AvgIpc) is 3.40. The Kier molecular flexibility index (Phi) is 5.41. The summed E-state index contributed by atoms with van der Waals surface area (Å²) in [5.74, 6) is 0. The summed E-state index contributed by atoms with van der Waals surface area (Å²) in [6.07, 6.45) is 9.46. The molecule has 1 aliphatic heterocycles. The lowest BCUT2D eigenvalue weighted by atomic mass is 10.0. The van der Waals surface area contributed by atoms with Crippen LogP contribution in [0.3, 0.4) is 0 Å². The van der Waals surface area contributed by atoms with E-state index in [-0.39, 0.29) is 12.1 Å². The van der Waals surface area contributed by atoms with Crippen molar-refractivity contribution in [3.63, 3.8) is 0 Å². The number of rotatable bonds is 6. The van der Waals surface area contributed by atoms with E-state index >= 15 is 0 Å². The maximum atomic E-state index is 5.78. The molecule has 0 aliphatic carbocycles. The van der Waals surface area contributed by atoms with Gasteiger partial charge in [0.25, 0.3) is 0 Å². The highest BCUT2D eigenvalue weighted by molar-refractivity contribution is 7.80. The smallest absolute Gasteiger partial charge is 0.170 e. The first-order valence-corrected chi connectivity index (χ1v) is 10.6. The monoisotopic (exact) mass is 426 g/mol. The molecule has 1 aliphatic rings. The topological polar surface area (TPSA) is 58.9 Å². The van der Waals surface area contributed by atoms with Gasteiger partial charge in [0.05, 0.1) is 30.0 Å². The number of pyridine rings is 3. The van der Waals surface area contributed by atoms with Crippen LogP contribution in [0.4, 0.5) is 0 Å². The highest BCUT2D eigenvalue weighted by Gasteiger charge is 2.41. The molecule has 0 unspecified atom stereocenters. The predicted molar refractivity (Wildman–Crippen MR) is 123 cm³/mol. The number of thiocarbonyl (C=S) groups is 1. The summed E-state index contributed by atoms with van der Waals surface area (Å²) < 4.78 is 2.26. The third-order valence-corrected chi connectivity index (χ3v) is 5.85. The minimum atomic E-state index is -0.0556. The molecule has 0 radical (unpaired) electrons. The Labute approximate surface area is 186 Å². The standard InChI is InChI=1S/C24H22N6S/c31-24-28-22(20-9-2-4-13-27-20)23(30(24)17-19-8-1-3-12-26-19)21-10-6-14-29(21)16-18-7-5-11-25-15-18/h1-15,22-23H,16-17H2,(H,28,31)/t22-,23-/m0/s1. The fourth-order valence-corrected chi connectivity index (χ4v) is 4.40. The van der Waals surface area contributed by atoms with Crippen molar-refractivity contribution in [2.24, 2.45) is 0 Å². The SMILES string of the molecule is S=C1N[C@@H](c2ccccn2)[C@H](c2cccn2Cc2cccnc2)N1Cc1ccccn1. The highest BCUT2D eigenvalue weighted by atomic mass is 32.1. The Morgan fingerprint density at radius 2 is 1.74 bits per heavy atom. The first-order valence-electron chi connectivity index (χ1n) is 10.2. The zero-order valence-corrected chi connectivity index (χ0v) is 17.7. The maximum absolute atomic E-state index is 5.78. The fraction of sp³-hybridized carbons (Fsp3) is 0.167. The van der Waals surface area contributed by atoms with Gasteiger partial charge in [0.1, 0.15) is 0 Å². The van der Waals surface area contributed by atoms with Crippen molar-refractivity contribution in [1.29, 1.82) is 0 Å². The number of nitrogens with zero attached hydrogens (tertiary/aromatic N) is 5. The quantitative estimate of drug-likeness (QED) is 0.472. The van der Waals surface area contributed by atoms with Crippen molar-refractivity contribution in [3.8, 4) is 0 Å². The Hall–Kier alpha value is -3.58. The summed E-state index contributed by atoms with van der Waals surface area (Å²) in [5.41, 5.74) is 4.26. The van der Waals surface area contributed by atoms with E-state index in [1.807, 2.05) is 61.1 Å². The molecule has 1 N–H and O–H groups in total. The van der Waals surface area contributed by atoms with Crippen molar-refractivity contribution in [2.75, 3.05) is 0 Å². The van der Waals surface area contributed by atoms with Gasteiger partial charge in [-0.05, 0) is 60.2 Å². The number of hydrogen-bond donors (Lipinski definition) is 1. The summed E-state index contributed by atoms with van der Waals surface area (Å²) in [7, 11) is 0. The van der Waals surface area contributed by atoms with Crippen molar-refractivity contribution in [2.45, 2.75) is 25.2 Å². The van der Waals surface area contributed by atoms with Crippen molar-refractivity contribution < 1.29 is 0 Å². The molecule has 0 saturated carbocycles. The normalized spacial score (nSPS) is 18.2. The Morgan fingerprint density at radius 3 is 2.48 bits per heavy atom. The third kappa shape index (κ3) is 4.04. The second-order valence-electron chi connectivity index (χ2n) is 7.50. The Bertz CT molecular complexity index is 1150. The summed E-state index contributed by atoms with van der Waals surface area (Å²) >= 11 is 5.78. The lowest BCUT2D eigenvalue weighted by Crippen LogP contribution is -2.30. The van der Waals surface area contributed by atoms with Crippen LogP contribution in [-0.4, -0.2) is 29.5 Å². The van der Waals surface area contributed by atoms with Gasteiger partial charge in [0.15, 0.2) is 5.11 Å². The first kappa shape index (κ1) is 19.4. The van der Waals surface area contributed by atoms with Crippen molar-refractivity contribution in [1.82, 2.24) is 29.7 Å². The summed E-state index contributed by atoms with van der Waals surface area (Å²) in [5, 5.41) is 4.22. The third-order valence-electron chi connectivity index (χ3n) is 5.50. The molecule has 4 aromatic rings. The van der Waals surface area contributed by atoms with Crippen LogP contribution >= 0.6 is 12.2 Å². The van der Waals surface area contributed by atoms with Crippen LogP contribution < -0.4 is 5.32 Å². The van der Waals surface area contributed by atoms with Gasteiger partial charge in [-0.1, -0.05) is 18.2 Å². The van der Waals surface area contributed by atoms with E-state index in [1.54, 1.807) is 6.20 Å². The molecule has 31 heavy (non-hydrogen) atoms. The van der Waals surface area contributed by atoms with Crippen molar-refractivity contribution in [3.05, 3.63) is 114 Å². The van der Waals surface area contributed by atoms with Crippen LogP contribution in [0.15, 0.2) is 91.6 Å². The number of nitrogens with one attached hydrogen (secondary N) is 1. The Balaban J connectivity index is 1.54. The number of hydrogen-bond acceptors (Lipinski definition) is 4. The van der Waals surface area contributed by atoms with E-state index in [4.69, 9.17) is 12.2 Å². The van der Waals surface area contributed by atoms with Crippen molar-refractivity contribution >= 4 is 17.3 Å². The molecule has 1 fully saturated rings. The minimum Gasteiger partial charge on any atom is -0.352 e.